The first-order chi connectivity index (χ1) is 8.20. The van der Waals surface area contributed by atoms with Crippen LogP contribution in [0, 0.1) is 5.92 Å². The van der Waals surface area contributed by atoms with Crippen LogP contribution in [0.15, 0.2) is 33.8 Å². The Morgan fingerprint density at radius 3 is 2.88 bits per heavy atom. The first kappa shape index (κ1) is 12.3. The van der Waals surface area contributed by atoms with Crippen molar-refractivity contribution in [3.05, 3.63) is 34.3 Å². The lowest BCUT2D eigenvalue weighted by Gasteiger charge is -2.05. The zero-order valence-electron chi connectivity index (χ0n) is 9.74. The molecule has 1 aliphatic carbocycles. The lowest BCUT2D eigenvalue weighted by Crippen LogP contribution is -2.21. The van der Waals surface area contributed by atoms with Crippen LogP contribution >= 0.6 is 15.9 Å². The third-order valence-electron chi connectivity index (χ3n) is 2.74. The van der Waals surface area contributed by atoms with Gasteiger partial charge in [0, 0.05) is 10.4 Å². The number of nitrogens with zero attached hydrogens (tertiary/aromatic N) is 1. The molecule has 0 saturated heterocycles. The van der Waals surface area contributed by atoms with Gasteiger partial charge in [-0.1, -0.05) is 35.0 Å². The summed E-state index contributed by atoms with van der Waals surface area (Å²) in [6.07, 6.45) is 2.79. The molecule has 3 nitrogen and oxygen atoms in total. The number of amides is 1. The van der Waals surface area contributed by atoms with Crippen LogP contribution in [0.5, 0.6) is 0 Å². The Morgan fingerprint density at radius 2 is 2.29 bits per heavy atom. The second kappa shape index (κ2) is 5.45. The molecule has 0 spiro atoms. The molecule has 1 amide bonds. The lowest BCUT2D eigenvalue weighted by atomic mass is 10.1. The maximum Gasteiger partial charge on any atom is 0.243 e. The molecule has 1 fully saturated rings. The number of hydrogen-bond donors (Lipinski definition) is 1. The van der Waals surface area contributed by atoms with Crippen LogP contribution in [0.3, 0.4) is 0 Å². The highest BCUT2D eigenvalue weighted by Crippen LogP contribution is 2.28. The second-order valence-corrected chi connectivity index (χ2v) is 5.09. The van der Waals surface area contributed by atoms with Crippen LogP contribution < -0.4 is 5.43 Å². The molecular weight excluding hydrogens is 280 g/mol. The van der Waals surface area contributed by atoms with Gasteiger partial charge in [-0.05, 0) is 37.0 Å². The summed E-state index contributed by atoms with van der Waals surface area (Å²) in [6, 6.07) is 7.94. The molecule has 0 bridgehead atoms. The number of carbonyl (C=O) groups excluding carboxylic acids is 1. The summed E-state index contributed by atoms with van der Waals surface area (Å²) in [6.45, 7) is 2.03. The van der Waals surface area contributed by atoms with E-state index in [0.29, 0.717) is 0 Å². The average molecular weight is 295 g/mol. The summed E-state index contributed by atoms with van der Waals surface area (Å²) >= 11 is 3.43. The van der Waals surface area contributed by atoms with E-state index in [1.165, 1.54) is 0 Å². The summed E-state index contributed by atoms with van der Waals surface area (Å²) in [5, 5.41) is 4.21. The van der Waals surface area contributed by atoms with Gasteiger partial charge in [-0.15, -0.1) is 0 Å². The number of hydrogen-bond acceptors (Lipinski definition) is 2. The number of rotatable bonds is 4. The van der Waals surface area contributed by atoms with E-state index in [-0.39, 0.29) is 11.8 Å². The smallest absolute Gasteiger partial charge is 0.243 e. The molecule has 17 heavy (non-hydrogen) atoms. The Balaban J connectivity index is 2.09. The van der Waals surface area contributed by atoms with Gasteiger partial charge in [0.25, 0.3) is 0 Å². The van der Waals surface area contributed by atoms with Crippen LogP contribution in [-0.4, -0.2) is 11.6 Å². The van der Waals surface area contributed by atoms with Gasteiger partial charge in [0.1, 0.15) is 0 Å². The van der Waals surface area contributed by atoms with Crippen molar-refractivity contribution in [3.8, 4) is 0 Å². The van der Waals surface area contributed by atoms with E-state index < -0.39 is 0 Å². The van der Waals surface area contributed by atoms with Gasteiger partial charge in [0.15, 0.2) is 0 Å². The molecule has 4 heteroatoms. The van der Waals surface area contributed by atoms with E-state index in [2.05, 4.69) is 26.5 Å². The van der Waals surface area contributed by atoms with Crippen molar-refractivity contribution >= 4 is 27.5 Å². The molecule has 2 rings (SSSR count). The van der Waals surface area contributed by atoms with Crippen LogP contribution in [0.1, 0.15) is 31.7 Å². The fraction of sp³-hybridized carbons (Fsp3) is 0.385. The van der Waals surface area contributed by atoms with Crippen molar-refractivity contribution < 1.29 is 4.79 Å². The highest BCUT2D eigenvalue weighted by Gasteiger charge is 2.29. The minimum atomic E-state index is 0.0472. The summed E-state index contributed by atoms with van der Waals surface area (Å²) in [5.74, 6) is 0.241. The van der Waals surface area contributed by atoms with Crippen molar-refractivity contribution in [1.29, 1.82) is 0 Å². The van der Waals surface area contributed by atoms with Crippen LogP contribution in [0.4, 0.5) is 0 Å². The molecule has 0 radical (unpaired) electrons. The number of halogens is 1. The van der Waals surface area contributed by atoms with Crippen molar-refractivity contribution in [2.24, 2.45) is 11.0 Å². The fourth-order valence-electron chi connectivity index (χ4n) is 1.58. The van der Waals surface area contributed by atoms with Crippen LogP contribution in [0.25, 0.3) is 0 Å². The Kier molecular flexibility index (Phi) is 3.94. The largest absolute Gasteiger partial charge is 0.273 e. The van der Waals surface area contributed by atoms with E-state index in [1.807, 2.05) is 31.2 Å². The average Bonchev–Trinajstić information content (AvgIpc) is 3.13. The maximum absolute atomic E-state index is 11.5. The van der Waals surface area contributed by atoms with Crippen LogP contribution in [0.2, 0.25) is 0 Å². The molecule has 1 saturated carbocycles. The highest BCUT2D eigenvalue weighted by molar-refractivity contribution is 9.10. The fourth-order valence-corrected chi connectivity index (χ4v) is 1.97. The van der Waals surface area contributed by atoms with Gasteiger partial charge in [0.05, 0.1) is 5.71 Å². The number of carbonyl (C=O) groups is 1. The monoisotopic (exact) mass is 294 g/mol. The molecule has 0 aliphatic heterocycles. The molecule has 1 aromatic carbocycles. The molecule has 0 atom stereocenters. The zero-order valence-corrected chi connectivity index (χ0v) is 11.3. The van der Waals surface area contributed by atoms with Crippen molar-refractivity contribution in [1.82, 2.24) is 5.43 Å². The van der Waals surface area contributed by atoms with Crippen LogP contribution in [-0.2, 0) is 4.79 Å². The summed E-state index contributed by atoms with van der Waals surface area (Å²) in [4.78, 5) is 11.5. The van der Waals surface area contributed by atoms with Gasteiger partial charge in [-0.3, -0.25) is 4.79 Å². The van der Waals surface area contributed by atoms with Gasteiger partial charge in [0.2, 0.25) is 5.91 Å². The molecule has 1 aliphatic rings. The molecule has 1 N–H and O–H groups in total. The normalized spacial score (nSPS) is 15.8. The van der Waals surface area contributed by atoms with Gasteiger partial charge in [-0.2, -0.15) is 5.10 Å². The third-order valence-corrected chi connectivity index (χ3v) is 3.24. The predicted molar refractivity (Wildman–Crippen MR) is 71.8 cm³/mol. The highest BCUT2D eigenvalue weighted by atomic mass is 79.9. The zero-order chi connectivity index (χ0) is 12.3. The number of hydrazone groups is 1. The SMILES string of the molecule is CC/C(=N/NC(=O)C1CC1)c1cccc(Br)c1. The van der Waals surface area contributed by atoms with Gasteiger partial charge < -0.3 is 0 Å². The van der Waals surface area contributed by atoms with Gasteiger partial charge in [-0.25, -0.2) is 5.43 Å². The summed E-state index contributed by atoms with van der Waals surface area (Å²) in [5.41, 5.74) is 4.59. The standard InChI is InChI=1S/C13H15BrN2O/c1-2-12(10-4-3-5-11(14)8-10)15-16-13(17)9-6-7-9/h3-5,8-9H,2,6-7H2,1H3,(H,16,17)/b15-12-. The Hall–Kier alpha value is -1.16. The Morgan fingerprint density at radius 1 is 1.53 bits per heavy atom. The Bertz CT molecular complexity index is 452. The van der Waals surface area contributed by atoms with E-state index >= 15 is 0 Å². The number of nitrogens with one attached hydrogen (secondary N) is 1. The molecule has 1 aromatic rings. The maximum atomic E-state index is 11.5. The molecule has 90 valence electrons. The Labute approximate surface area is 109 Å². The number of benzene rings is 1. The topological polar surface area (TPSA) is 41.5 Å². The lowest BCUT2D eigenvalue weighted by molar-refractivity contribution is -0.122. The predicted octanol–water partition coefficient (Wildman–Crippen LogP) is 3.09. The first-order valence-electron chi connectivity index (χ1n) is 5.83. The van der Waals surface area contributed by atoms with E-state index in [9.17, 15) is 4.79 Å². The van der Waals surface area contributed by atoms with E-state index in [4.69, 9.17) is 0 Å². The summed E-state index contributed by atoms with van der Waals surface area (Å²) < 4.78 is 1.02. The first-order valence-corrected chi connectivity index (χ1v) is 6.62. The van der Waals surface area contributed by atoms with Crippen molar-refractivity contribution in [3.63, 3.8) is 0 Å². The van der Waals surface area contributed by atoms with Gasteiger partial charge >= 0.3 is 0 Å². The van der Waals surface area contributed by atoms with Crippen molar-refractivity contribution in [2.75, 3.05) is 0 Å². The summed E-state index contributed by atoms with van der Waals surface area (Å²) in [7, 11) is 0. The molecule has 0 heterocycles. The minimum absolute atomic E-state index is 0.0472. The second-order valence-electron chi connectivity index (χ2n) is 4.17. The van der Waals surface area contributed by atoms with Crippen molar-refractivity contribution in [2.45, 2.75) is 26.2 Å². The van der Waals surface area contributed by atoms with E-state index in [1.54, 1.807) is 0 Å². The third kappa shape index (κ3) is 3.40. The molecular formula is C13H15BrN2O. The quantitative estimate of drug-likeness (QED) is 0.673. The molecule has 0 aromatic heterocycles. The molecule has 0 unspecified atom stereocenters. The minimum Gasteiger partial charge on any atom is -0.273 e. The van der Waals surface area contributed by atoms with E-state index in [0.717, 1.165) is 35.0 Å².